The zero-order chi connectivity index (χ0) is 24.5. The van der Waals surface area contributed by atoms with Gasteiger partial charge >= 0.3 is 0 Å². The van der Waals surface area contributed by atoms with Gasteiger partial charge in [-0.15, -0.1) is 0 Å². The molecule has 1 saturated heterocycles. The minimum absolute atomic E-state index is 0.0693. The molecular weight excluding hydrogens is 463 g/mol. The first-order valence-electron chi connectivity index (χ1n) is 11.8. The number of methoxy groups -OCH3 is 2. The molecule has 0 aromatic heterocycles. The summed E-state index contributed by atoms with van der Waals surface area (Å²) in [5, 5.41) is 1.54. The average molecular weight is 497 g/mol. The van der Waals surface area contributed by atoms with E-state index in [0.717, 1.165) is 16.2 Å². The number of hydrogen-bond acceptors (Lipinski definition) is 6. The van der Waals surface area contributed by atoms with Gasteiger partial charge in [0.25, 0.3) is 0 Å². The molecule has 6 nitrogen and oxygen atoms in total. The number of rotatable bonds is 11. The maximum Gasteiger partial charge on any atom is 0.153 e. The third kappa shape index (κ3) is 5.75. The molecule has 3 aromatic carbocycles. The Morgan fingerprint density at radius 3 is 1.86 bits per heavy atom. The van der Waals surface area contributed by atoms with E-state index >= 15 is 4.57 Å². The Hall–Kier alpha value is -2.31. The molecule has 4 rings (SSSR count). The zero-order valence-corrected chi connectivity index (χ0v) is 21.1. The Labute approximate surface area is 207 Å². The monoisotopic (exact) mass is 496 g/mol. The molecule has 0 saturated carbocycles. The maximum atomic E-state index is 15.5. The van der Waals surface area contributed by atoms with E-state index in [9.17, 15) is 0 Å². The van der Waals surface area contributed by atoms with Gasteiger partial charge in [0, 0.05) is 31.4 Å². The Morgan fingerprint density at radius 1 is 0.800 bits per heavy atom. The molecule has 0 amide bonds. The van der Waals surface area contributed by atoms with E-state index in [1.165, 1.54) is 0 Å². The quantitative estimate of drug-likeness (QED) is 0.288. The molecule has 0 spiro atoms. The van der Waals surface area contributed by atoms with Crippen LogP contribution < -0.4 is 10.6 Å². The van der Waals surface area contributed by atoms with E-state index in [1.54, 1.807) is 14.2 Å². The van der Waals surface area contributed by atoms with Gasteiger partial charge in [0.1, 0.15) is 25.8 Å². The lowest BCUT2D eigenvalue weighted by atomic mass is 9.95. The van der Waals surface area contributed by atoms with Gasteiger partial charge in [-0.05, 0) is 12.0 Å². The first-order valence-corrected chi connectivity index (χ1v) is 13.6. The summed E-state index contributed by atoms with van der Waals surface area (Å²) in [5.74, 6) is 0. The van der Waals surface area contributed by atoms with Crippen molar-refractivity contribution in [2.45, 2.75) is 30.4 Å². The fraction of sp³-hybridized carbons (Fsp3) is 0.357. The van der Waals surface area contributed by atoms with Crippen molar-refractivity contribution in [3.05, 3.63) is 96.6 Å². The summed E-state index contributed by atoms with van der Waals surface area (Å²) in [6.45, 7) is 0.661. The van der Waals surface area contributed by atoms with E-state index in [0.29, 0.717) is 13.0 Å². The van der Waals surface area contributed by atoms with Crippen molar-refractivity contribution in [3.63, 3.8) is 0 Å². The standard InChI is InChI=1S/C28H33O6P/c1-30-20-33-25-18-19-32-27(26(25)34-21-31-2)28(22-12-6-3-7-13-22)35(29,23-14-8-4-9-15-23)24-16-10-5-11-17-24/h3-17,25-28H,18-21H2,1-2H3/t25-,26+,27+,28+/m1/s1. The molecule has 0 bridgehead atoms. The van der Waals surface area contributed by atoms with Crippen molar-refractivity contribution < 1.29 is 28.2 Å². The van der Waals surface area contributed by atoms with Gasteiger partial charge in [-0.1, -0.05) is 91.0 Å². The molecule has 1 aliphatic rings. The fourth-order valence-electron chi connectivity index (χ4n) is 4.77. The Kier molecular flexibility index (Phi) is 9.27. The van der Waals surface area contributed by atoms with Crippen LogP contribution in [0.25, 0.3) is 0 Å². The molecule has 3 aromatic rings. The second-order valence-electron chi connectivity index (χ2n) is 8.46. The Morgan fingerprint density at radius 2 is 1.31 bits per heavy atom. The van der Waals surface area contributed by atoms with Crippen LogP contribution in [0.4, 0.5) is 0 Å². The smallest absolute Gasteiger partial charge is 0.153 e. The molecule has 35 heavy (non-hydrogen) atoms. The summed E-state index contributed by atoms with van der Waals surface area (Å²) in [7, 11) is -0.108. The molecule has 1 fully saturated rings. The van der Waals surface area contributed by atoms with Crippen molar-refractivity contribution in [1.82, 2.24) is 0 Å². The Bertz CT molecular complexity index is 1020. The topological polar surface area (TPSA) is 63.2 Å². The van der Waals surface area contributed by atoms with E-state index in [1.807, 2.05) is 91.0 Å². The molecule has 186 valence electrons. The van der Waals surface area contributed by atoms with Crippen LogP contribution in [0.5, 0.6) is 0 Å². The summed E-state index contributed by atoms with van der Waals surface area (Å²) in [6, 6.07) is 29.3. The van der Waals surface area contributed by atoms with Crippen molar-refractivity contribution in [2.24, 2.45) is 0 Å². The van der Waals surface area contributed by atoms with Crippen molar-refractivity contribution in [3.8, 4) is 0 Å². The fourth-order valence-corrected chi connectivity index (χ4v) is 8.20. The summed E-state index contributed by atoms with van der Waals surface area (Å²) in [4.78, 5) is 0. The highest BCUT2D eigenvalue weighted by atomic mass is 31.2. The third-order valence-electron chi connectivity index (χ3n) is 6.30. The van der Waals surface area contributed by atoms with E-state index in [4.69, 9.17) is 23.7 Å². The van der Waals surface area contributed by atoms with Crippen molar-refractivity contribution in [2.75, 3.05) is 34.4 Å². The molecule has 7 heteroatoms. The van der Waals surface area contributed by atoms with E-state index < -0.39 is 25.0 Å². The predicted molar refractivity (Wildman–Crippen MR) is 137 cm³/mol. The minimum Gasteiger partial charge on any atom is -0.374 e. The SMILES string of the molecule is COCO[C@@H]1[C@@H]([C@H](c2ccccc2)P(=O)(c2ccccc2)c2ccccc2)OCC[C@H]1OCOC. The summed E-state index contributed by atoms with van der Waals surface area (Å²) < 4.78 is 44.6. The van der Waals surface area contributed by atoms with Crippen molar-refractivity contribution >= 4 is 17.8 Å². The normalized spacial score (nSPS) is 21.5. The third-order valence-corrected chi connectivity index (χ3v) is 9.81. The van der Waals surface area contributed by atoms with Crippen LogP contribution >= 0.6 is 7.14 Å². The first-order chi connectivity index (χ1) is 17.2. The predicted octanol–water partition coefficient (Wildman–Crippen LogP) is 4.51. The second-order valence-corrected chi connectivity index (χ2v) is 11.4. The number of hydrogen-bond donors (Lipinski definition) is 0. The van der Waals surface area contributed by atoms with Gasteiger partial charge in [0.05, 0.1) is 11.8 Å². The largest absolute Gasteiger partial charge is 0.374 e. The molecule has 4 atom stereocenters. The van der Waals surface area contributed by atoms with Gasteiger partial charge in [-0.25, -0.2) is 0 Å². The molecule has 0 N–H and O–H groups in total. The Balaban J connectivity index is 1.89. The van der Waals surface area contributed by atoms with E-state index in [2.05, 4.69) is 0 Å². The van der Waals surface area contributed by atoms with Crippen LogP contribution in [0.2, 0.25) is 0 Å². The minimum atomic E-state index is -3.28. The molecule has 1 heterocycles. The average Bonchev–Trinajstić information content (AvgIpc) is 2.93. The summed E-state index contributed by atoms with van der Waals surface area (Å²) in [6.07, 6.45) is -0.717. The van der Waals surface area contributed by atoms with Crippen LogP contribution in [0, 0.1) is 0 Å². The lowest BCUT2D eigenvalue weighted by Gasteiger charge is -2.43. The highest BCUT2D eigenvalue weighted by Gasteiger charge is 2.50. The van der Waals surface area contributed by atoms with Gasteiger partial charge in [-0.2, -0.15) is 0 Å². The summed E-state index contributed by atoms with van der Waals surface area (Å²) >= 11 is 0. The highest BCUT2D eigenvalue weighted by molar-refractivity contribution is 7.79. The molecule has 0 unspecified atom stereocenters. The zero-order valence-electron chi connectivity index (χ0n) is 20.2. The maximum absolute atomic E-state index is 15.5. The lowest BCUT2D eigenvalue weighted by Crippen LogP contribution is -2.51. The van der Waals surface area contributed by atoms with Gasteiger partial charge in [0.2, 0.25) is 0 Å². The van der Waals surface area contributed by atoms with E-state index in [-0.39, 0.29) is 19.7 Å². The van der Waals surface area contributed by atoms with Crippen LogP contribution in [0.15, 0.2) is 91.0 Å². The molecule has 0 radical (unpaired) electrons. The molecule has 1 aliphatic heterocycles. The number of benzene rings is 3. The van der Waals surface area contributed by atoms with Crippen LogP contribution in [0.1, 0.15) is 17.6 Å². The highest BCUT2D eigenvalue weighted by Crippen LogP contribution is 2.60. The molecule has 0 aliphatic carbocycles. The van der Waals surface area contributed by atoms with Crippen LogP contribution in [-0.4, -0.2) is 52.7 Å². The van der Waals surface area contributed by atoms with Crippen molar-refractivity contribution in [1.29, 1.82) is 0 Å². The van der Waals surface area contributed by atoms with Gasteiger partial charge in [-0.3, -0.25) is 0 Å². The van der Waals surface area contributed by atoms with Gasteiger partial charge in [0.15, 0.2) is 7.14 Å². The lowest BCUT2D eigenvalue weighted by molar-refractivity contribution is -0.220. The number of ether oxygens (including phenoxy) is 5. The first kappa shape index (κ1) is 25.8. The molecular formula is C28H33O6P. The van der Waals surface area contributed by atoms with Crippen LogP contribution in [-0.2, 0) is 28.2 Å². The van der Waals surface area contributed by atoms with Gasteiger partial charge < -0.3 is 28.2 Å². The van der Waals surface area contributed by atoms with Crippen LogP contribution in [0.3, 0.4) is 0 Å². The second kappa shape index (κ2) is 12.6. The summed E-state index contributed by atoms with van der Waals surface area (Å²) in [5.41, 5.74) is 0.413.